The van der Waals surface area contributed by atoms with Crippen LogP contribution in [0.25, 0.3) is 11.0 Å². The fourth-order valence-electron chi connectivity index (χ4n) is 3.74. The second kappa shape index (κ2) is 6.77. The van der Waals surface area contributed by atoms with E-state index >= 15 is 0 Å². The van der Waals surface area contributed by atoms with E-state index in [9.17, 15) is 18.7 Å². The summed E-state index contributed by atoms with van der Waals surface area (Å²) in [6.45, 7) is 6.88. The predicted octanol–water partition coefficient (Wildman–Crippen LogP) is 5.27. The van der Waals surface area contributed by atoms with Gasteiger partial charge >= 0.3 is 6.09 Å². The number of amides is 1. The van der Waals surface area contributed by atoms with Gasteiger partial charge in [-0.05, 0) is 37.0 Å². The molecule has 0 aliphatic heterocycles. The smallest absolute Gasteiger partial charge is 0.411 e. The lowest BCUT2D eigenvalue weighted by molar-refractivity contribution is -0.0473. The zero-order valence-electron chi connectivity index (χ0n) is 16.3. The molecule has 1 aromatic carbocycles. The van der Waals surface area contributed by atoms with Gasteiger partial charge in [-0.15, -0.1) is 0 Å². The highest BCUT2D eigenvalue weighted by atomic mass is 19.3. The second-order valence-electron chi connectivity index (χ2n) is 8.61. The summed E-state index contributed by atoms with van der Waals surface area (Å²) >= 11 is 0. The topological polar surface area (TPSA) is 58.4 Å². The molecule has 0 radical (unpaired) electrons. The van der Waals surface area contributed by atoms with Crippen LogP contribution in [0.15, 0.2) is 18.2 Å². The van der Waals surface area contributed by atoms with Gasteiger partial charge in [0.2, 0.25) is 5.92 Å². The van der Waals surface area contributed by atoms with Crippen molar-refractivity contribution in [2.75, 3.05) is 11.9 Å². The van der Waals surface area contributed by atoms with E-state index in [4.69, 9.17) is 4.98 Å². The van der Waals surface area contributed by atoms with Gasteiger partial charge in [-0.3, -0.25) is 4.90 Å². The van der Waals surface area contributed by atoms with Crippen LogP contribution in [0.1, 0.15) is 52.3 Å². The maximum Gasteiger partial charge on any atom is 0.411 e. The lowest BCUT2D eigenvalue weighted by Gasteiger charge is -2.30. The number of imidazole rings is 1. The van der Waals surface area contributed by atoms with Crippen LogP contribution in [0, 0.1) is 5.92 Å². The van der Waals surface area contributed by atoms with E-state index in [-0.39, 0.29) is 24.2 Å². The number of fused-ring (bicyclic) bond motifs is 1. The second-order valence-corrected chi connectivity index (χ2v) is 8.61. The number of carboxylic acid groups (broad SMARTS) is 1. The van der Waals surface area contributed by atoms with E-state index < -0.39 is 12.0 Å². The number of carbonyl (C=O) groups is 1. The third-order valence-electron chi connectivity index (χ3n) is 5.35. The molecule has 7 heteroatoms. The van der Waals surface area contributed by atoms with Crippen molar-refractivity contribution in [2.45, 2.75) is 64.3 Å². The molecule has 1 saturated carbocycles. The molecule has 1 aliphatic carbocycles. The van der Waals surface area contributed by atoms with Crippen molar-refractivity contribution in [3.05, 3.63) is 24.0 Å². The van der Waals surface area contributed by atoms with Gasteiger partial charge in [-0.1, -0.05) is 20.8 Å². The number of aromatic nitrogens is 2. The van der Waals surface area contributed by atoms with Crippen molar-refractivity contribution in [3.63, 3.8) is 0 Å². The summed E-state index contributed by atoms with van der Waals surface area (Å²) in [6, 6.07) is 5.41. The molecule has 1 heterocycles. The molecule has 27 heavy (non-hydrogen) atoms. The molecule has 1 aromatic heterocycles. The molecular weight excluding hydrogens is 352 g/mol. The normalized spacial score (nSPS) is 18.0. The minimum atomic E-state index is -2.53. The average molecular weight is 379 g/mol. The Bertz CT molecular complexity index is 845. The highest BCUT2D eigenvalue weighted by Crippen LogP contribution is 2.38. The number of hydrogen-bond acceptors (Lipinski definition) is 2. The van der Waals surface area contributed by atoms with Gasteiger partial charge in [-0.2, -0.15) is 0 Å². The molecule has 1 N–H and O–H groups in total. The molecule has 1 fully saturated rings. The summed E-state index contributed by atoms with van der Waals surface area (Å²) in [7, 11) is 1.49. The average Bonchev–Trinajstić information content (AvgIpc) is 2.94. The van der Waals surface area contributed by atoms with E-state index in [1.165, 1.54) is 7.05 Å². The van der Waals surface area contributed by atoms with Crippen molar-refractivity contribution in [1.29, 1.82) is 0 Å². The molecule has 0 unspecified atom stereocenters. The third kappa shape index (κ3) is 4.06. The zero-order valence-corrected chi connectivity index (χ0v) is 16.3. The van der Waals surface area contributed by atoms with Gasteiger partial charge in [0, 0.05) is 37.5 Å². The highest BCUT2D eigenvalue weighted by Gasteiger charge is 2.35. The predicted molar refractivity (Wildman–Crippen MR) is 102 cm³/mol. The number of benzene rings is 1. The number of alkyl halides is 2. The summed E-state index contributed by atoms with van der Waals surface area (Å²) in [5.74, 6) is -1.44. The standard InChI is InChI=1S/C20H27F2N3O2/c1-19(2,3)17-23-15-11-14(24(4)18(26)27)5-6-16(15)25(17)12-13-7-9-20(21,22)10-8-13/h5-6,11,13H,7-10,12H2,1-4H3,(H,26,27). The third-order valence-corrected chi connectivity index (χ3v) is 5.35. The number of hydrogen-bond donors (Lipinski definition) is 1. The first-order valence-electron chi connectivity index (χ1n) is 9.33. The summed E-state index contributed by atoms with van der Waals surface area (Å²) in [6.07, 6.45) is -0.120. The molecule has 2 aromatic rings. The zero-order chi connectivity index (χ0) is 20.0. The van der Waals surface area contributed by atoms with Gasteiger partial charge in [-0.25, -0.2) is 18.6 Å². The van der Waals surface area contributed by atoms with Crippen LogP contribution in [0.2, 0.25) is 0 Å². The van der Waals surface area contributed by atoms with E-state index in [0.29, 0.717) is 25.1 Å². The van der Waals surface area contributed by atoms with Gasteiger partial charge in [0.05, 0.1) is 11.0 Å². The fraction of sp³-hybridized carbons (Fsp3) is 0.600. The lowest BCUT2D eigenvalue weighted by atomic mass is 9.86. The molecule has 1 amide bonds. The monoisotopic (exact) mass is 379 g/mol. The van der Waals surface area contributed by atoms with E-state index in [1.807, 2.05) is 6.07 Å². The number of nitrogens with zero attached hydrogens (tertiary/aromatic N) is 3. The summed E-state index contributed by atoms with van der Waals surface area (Å²) in [5, 5.41) is 9.19. The molecule has 0 spiro atoms. The number of rotatable bonds is 3. The van der Waals surface area contributed by atoms with Crippen LogP contribution in [0.5, 0.6) is 0 Å². The minimum Gasteiger partial charge on any atom is -0.465 e. The van der Waals surface area contributed by atoms with Gasteiger partial charge in [0.1, 0.15) is 5.82 Å². The van der Waals surface area contributed by atoms with Gasteiger partial charge in [0.15, 0.2) is 0 Å². The van der Waals surface area contributed by atoms with Crippen molar-refractivity contribution in [2.24, 2.45) is 5.92 Å². The Balaban J connectivity index is 1.98. The first kappa shape index (κ1) is 19.6. The number of anilines is 1. The Morgan fingerprint density at radius 3 is 2.52 bits per heavy atom. The van der Waals surface area contributed by atoms with Crippen LogP contribution in [0.4, 0.5) is 19.3 Å². The van der Waals surface area contributed by atoms with Crippen molar-refractivity contribution in [3.8, 4) is 0 Å². The van der Waals surface area contributed by atoms with Crippen molar-refractivity contribution in [1.82, 2.24) is 9.55 Å². The van der Waals surface area contributed by atoms with E-state index in [1.54, 1.807) is 12.1 Å². The minimum absolute atomic E-state index is 0.0529. The molecule has 3 rings (SSSR count). The summed E-state index contributed by atoms with van der Waals surface area (Å²) < 4.78 is 29.1. The fourth-order valence-corrected chi connectivity index (χ4v) is 3.74. The molecule has 5 nitrogen and oxygen atoms in total. The molecular formula is C20H27F2N3O2. The van der Waals surface area contributed by atoms with Crippen LogP contribution in [-0.2, 0) is 12.0 Å². The van der Waals surface area contributed by atoms with Crippen LogP contribution >= 0.6 is 0 Å². The Labute approximate surface area is 158 Å². The molecule has 1 aliphatic rings. The van der Waals surface area contributed by atoms with Gasteiger partial charge < -0.3 is 9.67 Å². The lowest BCUT2D eigenvalue weighted by Crippen LogP contribution is -2.28. The molecule has 0 saturated heterocycles. The Kier molecular flexibility index (Phi) is 4.91. The van der Waals surface area contributed by atoms with E-state index in [0.717, 1.165) is 21.8 Å². The van der Waals surface area contributed by atoms with Crippen molar-refractivity contribution < 1.29 is 18.7 Å². The Hall–Kier alpha value is -2.18. The molecule has 0 atom stereocenters. The van der Waals surface area contributed by atoms with Crippen LogP contribution in [0.3, 0.4) is 0 Å². The summed E-state index contributed by atoms with van der Waals surface area (Å²) in [4.78, 5) is 17.1. The first-order valence-corrected chi connectivity index (χ1v) is 9.33. The van der Waals surface area contributed by atoms with Crippen molar-refractivity contribution >= 4 is 22.8 Å². The Morgan fingerprint density at radius 2 is 1.96 bits per heavy atom. The highest BCUT2D eigenvalue weighted by molar-refractivity contribution is 5.89. The largest absolute Gasteiger partial charge is 0.465 e. The maximum absolute atomic E-state index is 13.5. The van der Waals surface area contributed by atoms with E-state index in [2.05, 4.69) is 25.3 Å². The first-order chi connectivity index (χ1) is 12.5. The Morgan fingerprint density at radius 1 is 1.33 bits per heavy atom. The molecule has 148 valence electrons. The maximum atomic E-state index is 13.5. The SMILES string of the molecule is CN(C(=O)O)c1ccc2c(c1)nc(C(C)(C)C)n2CC1CCC(F)(F)CC1. The summed E-state index contributed by atoms with van der Waals surface area (Å²) in [5.41, 5.74) is 1.99. The van der Waals surface area contributed by atoms with Crippen LogP contribution < -0.4 is 4.90 Å². The quantitative estimate of drug-likeness (QED) is 0.790. The van der Waals surface area contributed by atoms with Crippen LogP contribution in [-0.4, -0.2) is 33.7 Å². The van der Waals surface area contributed by atoms with Gasteiger partial charge in [0.25, 0.3) is 0 Å². The number of halogens is 2. The molecule has 0 bridgehead atoms.